The molecule has 2 aliphatic heterocycles. The molecular formula is C20H22O5. The number of methoxy groups -OCH3 is 1. The Labute approximate surface area is 146 Å². The van der Waals surface area contributed by atoms with Crippen molar-refractivity contribution in [2.45, 2.75) is 45.1 Å². The Morgan fingerprint density at radius 2 is 2.00 bits per heavy atom. The molecule has 0 unspecified atom stereocenters. The lowest BCUT2D eigenvalue weighted by Crippen LogP contribution is -2.43. The molecule has 2 bridgehead atoms. The number of allylic oxidation sites excluding steroid dienone is 2. The summed E-state index contributed by atoms with van der Waals surface area (Å²) < 4.78 is 11.3. The second-order valence-corrected chi connectivity index (χ2v) is 7.77. The molecule has 0 amide bonds. The fourth-order valence-corrected chi connectivity index (χ4v) is 4.51. The first-order valence-corrected chi connectivity index (χ1v) is 8.69. The molecule has 1 saturated heterocycles. The number of Topliss-reactive ketones (excluding diaryl/α,β-unsaturated/α-hetero) is 2. The topological polar surface area (TPSA) is 72.8 Å². The summed E-state index contributed by atoms with van der Waals surface area (Å²) in [5, 5.41) is 10.6. The lowest BCUT2D eigenvalue weighted by Gasteiger charge is -2.47. The third kappa shape index (κ3) is 1.99. The molecule has 1 fully saturated rings. The maximum Gasteiger partial charge on any atom is 0.229 e. The molecule has 4 aliphatic rings. The number of ketones is 2. The maximum absolute atomic E-state index is 13.2. The number of carbonyl (C=O) groups is 2. The SMILES string of the molecule is COC1=C(C(C)C)C(=O)c2c(O)cc3c(c2C1=O)[C@H]1CC[C@]3(C)CO1. The molecule has 2 heterocycles. The van der Waals surface area contributed by atoms with E-state index in [-0.39, 0.29) is 51.6 Å². The van der Waals surface area contributed by atoms with Crippen LogP contribution in [0.25, 0.3) is 0 Å². The van der Waals surface area contributed by atoms with Gasteiger partial charge in [0.1, 0.15) is 5.75 Å². The molecule has 1 N–H and O–H groups in total. The average Bonchev–Trinajstić information content (AvgIpc) is 2.57. The smallest absolute Gasteiger partial charge is 0.229 e. The van der Waals surface area contributed by atoms with E-state index in [4.69, 9.17) is 9.47 Å². The number of rotatable bonds is 2. The summed E-state index contributed by atoms with van der Waals surface area (Å²) in [6.45, 7) is 6.32. The van der Waals surface area contributed by atoms with Gasteiger partial charge in [0.2, 0.25) is 5.78 Å². The first kappa shape index (κ1) is 16.3. The van der Waals surface area contributed by atoms with E-state index in [0.717, 1.165) is 24.0 Å². The van der Waals surface area contributed by atoms with E-state index in [1.807, 2.05) is 13.8 Å². The van der Waals surface area contributed by atoms with Gasteiger partial charge in [-0.3, -0.25) is 9.59 Å². The molecule has 1 aromatic carbocycles. The van der Waals surface area contributed by atoms with Crippen molar-refractivity contribution in [1.82, 2.24) is 0 Å². The van der Waals surface area contributed by atoms with Crippen LogP contribution in [0.15, 0.2) is 17.4 Å². The fourth-order valence-electron chi connectivity index (χ4n) is 4.51. The van der Waals surface area contributed by atoms with Gasteiger partial charge < -0.3 is 14.6 Å². The molecule has 5 rings (SSSR count). The zero-order chi connectivity index (χ0) is 18.1. The summed E-state index contributed by atoms with van der Waals surface area (Å²) in [4.78, 5) is 26.3. The van der Waals surface area contributed by atoms with Crippen LogP contribution in [-0.4, -0.2) is 30.4 Å². The number of fused-ring (bicyclic) bond motifs is 3. The van der Waals surface area contributed by atoms with Gasteiger partial charge in [0.15, 0.2) is 11.5 Å². The zero-order valence-corrected chi connectivity index (χ0v) is 14.9. The molecule has 5 heteroatoms. The zero-order valence-electron chi connectivity index (χ0n) is 14.9. The van der Waals surface area contributed by atoms with Gasteiger partial charge in [-0.05, 0) is 36.0 Å². The van der Waals surface area contributed by atoms with Crippen LogP contribution >= 0.6 is 0 Å². The molecule has 0 saturated carbocycles. The Morgan fingerprint density at radius 1 is 1.28 bits per heavy atom. The van der Waals surface area contributed by atoms with Crippen LogP contribution in [0, 0.1) is 5.92 Å². The number of ether oxygens (including phenoxy) is 2. The lowest BCUT2D eigenvalue weighted by molar-refractivity contribution is -0.0469. The second-order valence-electron chi connectivity index (χ2n) is 7.77. The minimum absolute atomic E-state index is 0.0897. The first-order valence-electron chi connectivity index (χ1n) is 8.69. The number of aromatic hydroxyl groups is 1. The highest BCUT2D eigenvalue weighted by molar-refractivity contribution is 6.28. The van der Waals surface area contributed by atoms with E-state index >= 15 is 0 Å². The Bertz CT molecular complexity index is 838. The highest BCUT2D eigenvalue weighted by Gasteiger charge is 2.48. The van der Waals surface area contributed by atoms with E-state index in [9.17, 15) is 14.7 Å². The van der Waals surface area contributed by atoms with Crippen molar-refractivity contribution in [2.24, 2.45) is 5.92 Å². The van der Waals surface area contributed by atoms with Crippen molar-refractivity contribution >= 4 is 11.6 Å². The van der Waals surface area contributed by atoms with E-state index in [1.54, 1.807) is 6.07 Å². The molecule has 25 heavy (non-hydrogen) atoms. The molecule has 132 valence electrons. The average molecular weight is 342 g/mol. The fraction of sp³-hybridized carbons (Fsp3) is 0.500. The Morgan fingerprint density at radius 3 is 2.56 bits per heavy atom. The summed E-state index contributed by atoms with van der Waals surface area (Å²) in [6.07, 6.45) is 1.54. The van der Waals surface area contributed by atoms with Gasteiger partial charge in [-0.15, -0.1) is 0 Å². The largest absolute Gasteiger partial charge is 0.507 e. The van der Waals surface area contributed by atoms with Gasteiger partial charge in [0.05, 0.1) is 25.4 Å². The van der Waals surface area contributed by atoms with Crippen molar-refractivity contribution < 1.29 is 24.2 Å². The predicted octanol–water partition coefficient (Wildman–Crippen LogP) is 3.45. The van der Waals surface area contributed by atoms with Crippen LogP contribution in [0.3, 0.4) is 0 Å². The van der Waals surface area contributed by atoms with Crippen LogP contribution in [0.4, 0.5) is 0 Å². The van der Waals surface area contributed by atoms with Crippen molar-refractivity contribution in [1.29, 1.82) is 0 Å². The van der Waals surface area contributed by atoms with E-state index in [2.05, 4.69) is 6.92 Å². The summed E-state index contributed by atoms with van der Waals surface area (Å²) in [5.74, 6) is -0.859. The molecular weight excluding hydrogens is 320 g/mol. The van der Waals surface area contributed by atoms with E-state index in [1.165, 1.54) is 7.11 Å². The van der Waals surface area contributed by atoms with Crippen LogP contribution in [0.1, 0.15) is 71.6 Å². The Hall–Kier alpha value is -2.14. The van der Waals surface area contributed by atoms with Gasteiger partial charge >= 0.3 is 0 Å². The second kappa shape index (κ2) is 5.18. The summed E-state index contributed by atoms with van der Waals surface area (Å²) in [6, 6.07) is 1.67. The van der Waals surface area contributed by atoms with Crippen molar-refractivity contribution in [2.75, 3.05) is 13.7 Å². The number of carbonyl (C=O) groups excluding carboxylic acids is 2. The highest BCUT2D eigenvalue weighted by Crippen LogP contribution is 2.53. The van der Waals surface area contributed by atoms with Gasteiger partial charge in [-0.1, -0.05) is 20.8 Å². The van der Waals surface area contributed by atoms with Crippen molar-refractivity contribution in [3.63, 3.8) is 0 Å². The molecule has 0 aromatic heterocycles. The molecule has 2 aliphatic carbocycles. The van der Waals surface area contributed by atoms with Gasteiger partial charge in [0, 0.05) is 16.6 Å². The van der Waals surface area contributed by atoms with Crippen LogP contribution in [-0.2, 0) is 14.9 Å². The predicted molar refractivity (Wildman–Crippen MR) is 90.9 cm³/mol. The van der Waals surface area contributed by atoms with Gasteiger partial charge in [-0.25, -0.2) is 0 Å². The third-order valence-electron chi connectivity index (χ3n) is 5.81. The number of phenols is 1. The standard InChI is InChI=1S/C20H22O5/c1-9(2)13-17(22)15-11(21)7-10-14(16(15)18(23)19(13)24-4)12-5-6-20(10,3)8-25-12/h7,9,12,21H,5-6,8H2,1-4H3/t12-,20-/m1/s1. The molecule has 5 nitrogen and oxygen atoms in total. The van der Waals surface area contributed by atoms with Crippen LogP contribution < -0.4 is 0 Å². The number of hydrogen-bond donors (Lipinski definition) is 1. The first-order chi connectivity index (χ1) is 11.8. The third-order valence-corrected chi connectivity index (χ3v) is 5.81. The normalized spacial score (nSPS) is 27.6. The molecule has 0 radical (unpaired) electrons. The summed E-state index contributed by atoms with van der Waals surface area (Å²) in [5.41, 5.74) is 2.16. The Kier molecular flexibility index (Phi) is 3.38. The minimum Gasteiger partial charge on any atom is -0.507 e. The van der Waals surface area contributed by atoms with E-state index < -0.39 is 0 Å². The summed E-state index contributed by atoms with van der Waals surface area (Å²) in [7, 11) is 1.41. The lowest BCUT2D eigenvalue weighted by atomic mass is 9.65. The van der Waals surface area contributed by atoms with Crippen LogP contribution in [0.2, 0.25) is 0 Å². The minimum atomic E-state index is -0.326. The van der Waals surface area contributed by atoms with Crippen LogP contribution in [0.5, 0.6) is 5.75 Å². The molecule has 0 spiro atoms. The summed E-state index contributed by atoms with van der Waals surface area (Å²) >= 11 is 0. The van der Waals surface area contributed by atoms with Crippen molar-refractivity contribution in [3.05, 3.63) is 39.7 Å². The van der Waals surface area contributed by atoms with E-state index in [0.29, 0.717) is 12.2 Å². The maximum atomic E-state index is 13.2. The van der Waals surface area contributed by atoms with Gasteiger partial charge in [-0.2, -0.15) is 0 Å². The number of benzene rings is 1. The number of phenolic OH excluding ortho intramolecular Hbond substituents is 1. The number of hydrogen-bond acceptors (Lipinski definition) is 5. The quantitative estimate of drug-likeness (QED) is 0.891. The molecule has 2 atom stereocenters. The van der Waals surface area contributed by atoms with Crippen molar-refractivity contribution in [3.8, 4) is 5.75 Å². The highest BCUT2D eigenvalue weighted by atomic mass is 16.5. The van der Waals surface area contributed by atoms with Gasteiger partial charge in [0.25, 0.3) is 0 Å². The monoisotopic (exact) mass is 342 g/mol. The Balaban J connectivity index is 2.06. The molecule has 1 aromatic rings.